The summed E-state index contributed by atoms with van der Waals surface area (Å²) in [5.41, 5.74) is 1.41. The van der Waals surface area contributed by atoms with Gasteiger partial charge in [0.05, 0.1) is 12.2 Å². The van der Waals surface area contributed by atoms with E-state index in [-0.39, 0.29) is 5.60 Å². The number of benzene rings is 1. The van der Waals surface area contributed by atoms with Gasteiger partial charge in [0.1, 0.15) is 0 Å². The Hall–Kier alpha value is -1.30. The molecule has 1 atom stereocenters. The van der Waals surface area contributed by atoms with Gasteiger partial charge >= 0.3 is 0 Å². The summed E-state index contributed by atoms with van der Waals surface area (Å²) in [6.45, 7) is 5.45. The minimum Gasteiger partial charge on any atom is -0.454 e. The minimum absolute atomic E-state index is 0.124. The molecule has 126 valence electrons. The fourth-order valence-electron chi connectivity index (χ4n) is 4.01. The quantitative estimate of drug-likeness (QED) is 0.848. The maximum absolute atomic E-state index is 6.24. The Morgan fingerprint density at radius 3 is 2.78 bits per heavy atom. The van der Waals surface area contributed by atoms with Gasteiger partial charge < -0.3 is 19.1 Å². The van der Waals surface area contributed by atoms with Crippen molar-refractivity contribution >= 4 is 0 Å². The molecule has 0 N–H and O–H groups in total. The molecular weight excluding hydrogens is 292 g/mol. The van der Waals surface area contributed by atoms with Crippen molar-refractivity contribution in [2.24, 2.45) is 5.92 Å². The highest BCUT2D eigenvalue weighted by atomic mass is 16.7. The van der Waals surface area contributed by atoms with Gasteiger partial charge in [-0.1, -0.05) is 6.07 Å². The van der Waals surface area contributed by atoms with Gasteiger partial charge in [0, 0.05) is 26.2 Å². The van der Waals surface area contributed by atoms with Crippen LogP contribution in [0.15, 0.2) is 18.2 Å². The molecule has 0 unspecified atom stereocenters. The predicted octanol–water partition coefficient (Wildman–Crippen LogP) is 1.96. The van der Waals surface area contributed by atoms with E-state index in [9.17, 15) is 0 Å². The van der Waals surface area contributed by atoms with Crippen molar-refractivity contribution in [1.29, 1.82) is 0 Å². The second-order valence-electron chi connectivity index (χ2n) is 7.49. The van der Waals surface area contributed by atoms with E-state index in [1.165, 1.54) is 18.4 Å². The molecule has 3 heterocycles. The van der Waals surface area contributed by atoms with E-state index in [4.69, 9.17) is 14.2 Å². The first-order valence-corrected chi connectivity index (χ1v) is 8.51. The average Bonchev–Trinajstić information content (AvgIpc) is 2.95. The van der Waals surface area contributed by atoms with Crippen molar-refractivity contribution in [1.82, 2.24) is 9.80 Å². The molecule has 1 spiro atoms. The van der Waals surface area contributed by atoms with Gasteiger partial charge in [-0.3, -0.25) is 4.90 Å². The van der Waals surface area contributed by atoms with Crippen molar-refractivity contribution in [3.8, 4) is 11.5 Å². The van der Waals surface area contributed by atoms with E-state index in [1.807, 2.05) is 6.07 Å². The first-order chi connectivity index (χ1) is 11.1. The number of nitrogens with zero attached hydrogens (tertiary/aromatic N) is 2. The summed E-state index contributed by atoms with van der Waals surface area (Å²) in [6, 6.07) is 6.24. The van der Waals surface area contributed by atoms with E-state index in [0.29, 0.717) is 12.7 Å². The lowest BCUT2D eigenvalue weighted by atomic mass is 9.82. The number of likely N-dealkylation sites (tertiary alicyclic amines) is 1. The molecule has 0 aliphatic carbocycles. The second-order valence-corrected chi connectivity index (χ2v) is 7.49. The zero-order valence-electron chi connectivity index (χ0n) is 14.1. The van der Waals surface area contributed by atoms with E-state index in [0.717, 1.165) is 44.3 Å². The Morgan fingerprint density at radius 1 is 1.22 bits per heavy atom. The largest absolute Gasteiger partial charge is 0.454 e. The Bertz CT molecular complexity index is 559. The van der Waals surface area contributed by atoms with Crippen LogP contribution >= 0.6 is 0 Å². The van der Waals surface area contributed by atoms with Gasteiger partial charge in [-0.15, -0.1) is 0 Å². The molecule has 1 aromatic carbocycles. The summed E-state index contributed by atoms with van der Waals surface area (Å²) in [4.78, 5) is 4.72. The summed E-state index contributed by atoms with van der Waals surface area (Å²) in [6.07, 6.45) is 2.49. The van der Waals surface area contributed by atoms with E-state index in [2.05, 4.69) is 36.0 Å². The van der Waals surface area contributed by atoms with Crippen molar-refractivity contribution in [3.63, 3.8) is 0 Å². The Morgan fingerprint density at radius 2 is 2.04 bits per heavy atom. The lowest BCUT2D eigenvalue weighted by molar-refractivity contribution is -0.182. The third kappa shape index (κ3) is 3.18. The van der Waals surface area contributed by atoms with E-state index < -0.39 is 0 Å². The predicted molar refractivity (Wildman–Crippen MR) is 87.8 cm³/mol. The van der Waals surface area contributed by atoms with Crippen LogP contribution in [0.25, 0.3) is 0 Å². The molecular formula is C18H26N2O3. The van der Waals surface area contributed by atoms with Crippen LogP contribution in [0.5, 0.6) is 11.5 Å². The van der Waals surface area contributed by atoms with Gasteiger partial charge in [0.25, 0.3) is 0 Å². The van der Waals surface area contributed by atoms with Crippen LogP contribution in [0.3, 0.4) is 0 Å². The second kappa shape index (κ2) is 5.96. The van der Waals surface area contributed by atoms with Crippen molar-refractivity contribution in [2.75, 3.05) is 47.1 Å². The Kier molecular flexibility index (Phi) is 3.95. The topological polar surface area (TPSA) is 34.2 Å². The number of hydrogen-bond donors (Lipinski definition) is 0. The summed E-state index contributed by atoms with van der Waals surface area (Å²) in [5, 5.41) is 0. The molecule has 5 heteroatoms. The van der Waals surface area contributed by atoms with Crippen LogP contribution in [0, 0.1) is 5.92 Å². The number of fused-ring (bicyclic) bond motifs is 1. The highest BCUT2D eigenvalue weighted by Crippen LogP contribution is 2.38. The van der Waals surface area contributed by atoms with E-state index in [1.54, 1.807) is 0 Å². The molecule has 2 fully saturated rings. The molecule has 0 bridgehead atoms. The van der Waals surface area contributed by atoms with Gasteiger partial charge in [-0.25, -0.2) is 0 Å². The van der Waals surface area contributed by atoms with Crippen LogP contribution in [-0.4, -0.2) is 62.5 Å². The molecule has 0 saturated carbocycles. The molecule has 1 aromatic rings. The third-order valence-corrected chi connectivity index (χ3v) is 5.12. The summed E-state index contributed by atoms with van der Waals surface area (Å²) in [7, 11) is 4.28. The molecule has 23 heavy (non-hydrogen) atoms. The normalized spacial score (nSPS) is 25.8. The summed E-state index contributed by atoms with van der Waals surface area (Å²) < 4.78 is 17.1. The van der Waals surface area contributed by atoms with Crippen LogP contribution in [0.4, 0.5) is 0 Å². The standard InChI is InChI=1S/C18H26N2O3/c1-19(2)8-15-5-6-18(23-10-15)11-20(12-18)9-14-3-4-16-17(7-14)22-13-21-16/h3-4,7,15H,5-6,8-13H2,1-2H3/t15-/m0/s1. The average molecular weight is 318 g/mol. The lowest BCUT2D eigenvalue weighted by Crippen LogP contribution is -2.64. The molecule has 5 nitrogen and oxygen atoms in total. The van der Waals surface area contributed by atoms with Crippen LogP contribution in [-0.2, 0) is 11.3 Å². The number of hydrogen-bond acceptors (Lipinski definition) is 5. The Balaban J connectivity index is 1.27. The molecule has 3 aliphatic heterocycles. The first kappa shape index (κ1) is 15.2. The summed E-state index contributed by atoms with van der Waals surface area (Å²) in [5.74, 6) is 2.42. The van der Waals surface area contributed by atoms with Crippen molar-refractivity contribution in [3.05, 3.63) is 23.8 Å². The minimum atomic E-state index is 0.124. The molecule has 0 radical (unpaired) electrons. The lowest BCUT2D eigenvalue weighted by Gasteiger charge is -2.53. The smallest absolute Gasteiger partial charge is 0.231 e. The maximum atomic E-state index is 6.24. The zero-order chi connectivity index (χ0) is 15.9. The molecule has 0 aromatic heterocycles. The maximum Gasteiger partial charge on any atom is 0.231 e. The molecule has 0 amide bonds. The fraction of sp³-hybridized carbons (Fsp3) is 0.667. The summed E-state index contributed by atoms with van der Waals surface area (Å²) >= 11 is 0. The van der Waals surface area contributed by atoms with E-state index >= 15 is 0 Å². The molecule has 3 aliphatic rings. The number of ether oxygens (including phenoxy) is 3. The van der Waals surface area contributed by atoms with Crippen LogP contribution < -0.4 is 9.47 Å². The van der Waals surface area contributed by atoms with Gasteiger partial charge in [-0.05, 0) is 50.6 Å². The van der Waals surface area contributed by atoms with Crippen molar-refractivity contribution < 1.29 is 14.2 Å². The third-order valence-electron chi connectivity index (χ3n) is 5.12. The van der Waals surface area contributed by atoms with Crippen LogP contribution in [0.2, 0.25) is 0 Å². The van der Waals surface area contributed by atoms with Gasteiger partial charge in [-0.2, -0.15) is 0 Å². The molecule has 2 saturated heterocycles. The zero-order valence-corrected chi connectivity index (χ0v) is 14.1. The Labute approximate surface area is 138 Å². The highest BCUT2D eigenvalue weighted by molar-refractivity contribution is 5.44. The highest BCUT2D eigenvalue weighted by Gasteiger charge is 2.46. The van der Waals surface area contributed by atoms with Crippen LogP contribution in [0.1, 0.15) is 18.4 Å². The van der Waals surface area contributed by atoms with Gasteiger partial charge in [0.15, 0.2) is 11.5 Å². The number of rotatable bonds is 4. The fourth-order valence-corrected chi connectivity index (χ4v) is 4.01. The first-order valence-electron chi connectivity index (χ1n) is 8.51. The van der Waals surface area contributed by atoms with Crippen molar-refractivity contribution in [2.45, 2.75) is 25.0 Å². The SMILES string of the molecule is CN(C)C[C@@H]1CCC2(CN(Cc3ccc4c(c3)OCO4)C2)OC1. The monoisotopic (exact) mass is 318 g/mol. The molecule has 4 rings (SSSR count). The van der Waals surface area contributed by atoms with Gasteiger partial charge in [0.2, 0.25) is 6.79 Å².